The fourth-order valence-electron chi connectivity index (χ4n) is 3.28. The van der Waals surface area contributed by atoms with Crippen LogP contribution in [0.5, 0.6) is 0 Å². The minimum absolute atomic E-state index is 0.273. The van der Waals surface area contributed by atoms with Gasteiger partial charge in [-0.15, -0.1) is 10.2 Å². The lowest BCUT2D eigenvalue weighted by Gasteiger charge is -2.30. The molecule has 26 heavy (non-hydrogen) atoms. The van der Waals surface area contributed by atoms with Crippen molar-refractivity contribution in [3.05, 3.63) is 40.7 Å². The Hall–Kier alpha value is -1.84. The molecule has 2 aromatic heterocycles. The minimum atomic E-state index is -3.42. The van der Waals surface area contributed by atoms with Gasteiger partial charge in [0, 0.05) is 19.0 Å². The summed E-state index contributed by atoms with van der Waals surface area (Å²) >= 11 is 1.54. The van der Waals surface area contributed by atoms with E-state index in [2.05, 4.69) is 22.2 Å². The molecule has 0 N–H and O–H groups in total. The molecule has 1 aliphatic rings. The predicted molar refractivity (Wildman–Crippen MR) is 99.9 cm³/mol. The van der Waals surface area contributed by atoms with Gasteiger partial charge in [-0.1, -0.05) is 30.4 Å². The molecule has 138 valence electrons. The standard InChI is InChI=1S/C17H21N5O2S2/c1-3-13-4-6-15(7-5-13)26(23,24)21-10-8-14(9-11-21)16-20-22-12(2)18-19-17(22)25-16/h4-7,14H,3,8-11H2,1-2H3. The second kappa shape index (κ2) is 6.71. The van der Waals surface area contributed by atoms with E-state index in [0.717, 1.165) is 40.6 Å². The van der Waals surface area contributed by atoms with Crippen LogP contribution in [0.4, 0.5) is 0 Å². The van der Waals surface area contributed by atoms with Crippen molar-refractivity contribution < 1.29 is 8.42 Å². The number of hydrogen-bond donors (Lipinski definition) is 0. The molecule has 9 heteroatoms. The van der Waals surface area contributed by atoms with Gasteiger partial charge in [0.15, 0.2) is 5.82 Å². The first-order valence-electron chi connectivity index (χ1n) is 8.77. The van der Waals surface area contributed by atoms with E-state index in [9.17, 15) is 8.42 Å². The first-order chi connectivity index (χ1) is 12.5. The summed E-state index contributed by atoms with van der Waals surface area (Å²) in [6, 6.07) is 7.21. The van der Waals surface area contributed by atoms with Gasteiger partial charge in [-0.25, -0.2) is 8.42 Å². The van der Waals surface area contributed by atoms with E-state index in [1.165, 1.54) is 0 Å². The van der Waals surface area contributed by atoms with Crippen LogP contribution in [0.1, 0.15) is 42.1 Å². The van der Waals surface area contributed by atoms with Crippen molar-refractivity contribution in [1.82, 2.24) is 24.1 Å². The zero-order valence-corrected chi connectivity index (χ0v) is 16.4. The minimum Gasteiger partial charge on any atom is -0.207 e. The lowest BCUT2D eigenvalue weighted by atomic mass is 9.99. The Morgan fingerprint density at radius 1 is 1.15 bits per heavy atom. The van der Waals surface area contributed by atoms with Crippen molar-refractivity contribution in [1.29, 1.82) is 0 Å². The molecular weight excluding hydrogens is 370 g/mol. The molecular formula is C17H21N5O2S2. The number of rotatable bonds is 4. The molecule has 0 radical (unpaired) electrons. The Morgan fingerprint density at radius 3 is 2.46 bits per heavy atom. The van der Waals surface area contributed by atoms with Gasteiger partial charge in [0.25, 0.3) is 0 Å². The van der Waals surface area contributed by atoms with Crippen LogP contribution in [0.15, 0.2) is 29.2 Å². The quantitative estimate of drug-likeness (QED) is 0.683. The third kappa shape index (κ3) is 3.04. The second-order valence-corrected chi connectivity index (χ2v) is 9.48. The van der Waals surface area contributed by atoms with Gasteiger partial charge >= 0.3 is 0 Å². The van der Waals surface area contributed by atoms with Crippen LogP contribution in [-0.4, -0.2) is 45.6 Å². The maximum atomic E-state index is 12.9. The summed E-state index contributed by atoms with van der Waals surface area (Å²) in [4.78, 5) is 1.17. The highest BCUT2D eigenvalue weighted by atomic mass is 32.2. The van der Waals surface area contributed by atoms with Gasteiger partial charge in [0.05, 0.1) is 4.90 Å². The maximum absolute atomic E-state index is 12.9. The average Bonchev–Trinajstić information content (AvgIpc) is 3.24. The zero-order chi connectivity index (χ0) is 18.3. The first kappa shape index (κ1) is 17.6. The van der Waals surface area contributed by atoms with Crippen LogP contribution in [0.25, 0.3) is 4.96 Å². The van der Waals surface area contributed by atoms with Gasteiger partial charge in [-0.3, -0.25) is 0 Å². The van der Waals surface area contributed by atoms with Gasteiger partial charge in [-0.05, 0) is 43.9 Å². The zero-order valence-electron chi connectivity index (χ0n) is 14.8. The van der Waals surface area contributed by atoms with Crippen LogP contribution >= 0.6 is 11.3 Å². The molecule has 0 unspecified atom stereocenters. The molecule has 4 rings (SSSR count). The highest BCUT2D eigenvalue weighted by molar-refractivity contribution is 7.89. The number of hydrogen-bond acceptors (Lipinski definition) is 6. The highest BCUT2D eigenvalue weighted by Crippen LogP contribution is 2.33. The molecule has 1 saturated heterocycles. The van der Waals surface area contributed by atoms with E-state index >= 15 is 0 Å². The molecule has 3 heterocycles. The van der Waals surface area contributed by atoms with Gasteiger partial charge in [0.2, 0.25) is 15.0 Å². The van der Waals surface area contributed by atoms with Gasteiger partial charge in [0.1, 0.15) is 5.01 Å². The lowest BCUT2D eigenvalue weighted by Crippen LogP contribution is -2.37. The van der Waals surface area contributed by atoms with Crippen molar-refractivity contribution >= 4 is 26.3 Å². The van der Waals surface area contributed by atoms with E-state index in [-0.39, 0.29) is 5.92 Å². The lowest BCUT2D eigenvalue weighted by molar-refractivity contribution is 0.318. The number of aryl methyl sites for hydroxylation is 2. The normalized spacial score (nSPS) is 17.2. The molecule has 0 aliphatic carbocycles. The van der Waals surface area contributed by atoms with E-state index < -0.39 is 10.0 Å². The number of fused-ring (bicyclic) bond motifs is 1. The summed E-state index contributed by atoms with van der Waals surface area (Å²) in [5.41, 5.74) is 1.14. The molecule has 0 bridgehead atoms. The summed E-state index contributed by atoms with van der Waals surface area (Å²) in [5.74, 6) is 1.05. The first-order valence-corrected chi connectivity index (χ1v) is 11.0. The van der Waals surface area contributed by atoms with Crippen LogP contribution in [0.3, 0.4) is 0 Å². The fourth-order valence-corrected chi connectivity index (χ4v) is 5.81. The Labute approximate surface area is 156 Å². The summed E-state index contributed by atoms with van der Waals surface area (Å²) in [7, 11) is -3.42. The van der Waals surface area contributed by atoms with Crippen LogP contribution in [-0.2, 0) is 16.4 Å². The van der Waals surface area contributed by atoms with Gasteiger partial charge in [-0.2, -0.15) is 13.9 Å². The number of sulfonamides is 1. The van der Waals surface area contributed by atoms with E-state index in [0.29, 0.717) is 18.0 Å². The maximum Gasteiger partial charge on any atom is 0.243 e. The molecule has 0 atom stereocenters. The molecule has 1 aliphatic heterocycles. The molecule has 3 aromatic rings. The molecule has 1 fully saturated rings. The summed E-state index contributed by atoms with van der Waals surface area (Å²) in [6.45, 7) is 4.97. The van der Waals surface area contributed by atoms with E-state index in [1.54, 1.807) is 32.3 Å². The van der Waals surface area contributed by atoms with E-state index in [4.69, 9.17) is 0 Å². The molecule has 7 nitrogen and oxygen atoms in total. The van der Waals surface area contributed by atoms with E-state index in [1.807, 2.05) is 19.1 Å². The molecule has 0 amide bonds. The van der Waals surface area contributed by atoms with Crippen molar-refractivity contribution in [2.45, 2.75) is 43.9 Å². The number of nitrogens with zero attached hydrogens (tertiary/aromatic N) is 5. The van der Waals surface area contributed by atoms with Crippen LogP contribution in [0, 0.1) is 6.92 Å². The van der Waals surface area contributed by atoms with Crippen molar-refractivity contribution in [2.75, 3.05) is 13.1 Å². The van der Waals surface area contributed by atoms with Crippen LogP contribution < -0.4 is 0 Å². The Balaban J connectivity index is 1.48. The topological polar surface area (TPSA) is 80.5 Å². The van der Waals surface area contributed by atoms with Crippen molar-refractivity contribution in [3.63, 3.8) is 0 Å². The second-order valence-electron chi connectivity index (χ2n) is 6.56. The monoisotopic (exact) mass is 391 g/mol. The van der Waals surface area contributed by atoms with Gasteiger partial charge < -0.3 is 0 Å². The largest absolute Gasteiger partial charge is 0.243 e. The van der Waals surface area contributed by atoms with Crippen molar-refractivity contribution in [2.24, 2.45) is 0 Å². The molecule has 0 saturated carbocycles. The molecule has 1 aromatic carbocycles. The number of aromatic nitrogens is 4. The Morgan fingerprint density at radius 2 is 1.85 bits per heavy atom. The SMILES string of the molecule is CCc1ccc(S(=O)(=O)N2CCC(c3nn4c(C)nnc4s3)CC2)cc1. The third-order valence-electron chi connectivity index (χ3n) is 4.93. The fraction of sp³-hybridized carbons (Fsp3) is 0.471. The number of benzene rings is 1. The predicted octanol–water partition coefficient (Wildman–Crippen LogP) is 2.62. The number of piperidine rings is 1. The third-order valence-corrected chi connectivity index (χ3v) is 7.91. The highest BCUT2D eigenvalue weighted by Gasteiger charge is 2.31. The Bertz CT molecular complexity index is 1020. The van der Waals surface area contributed by atoms with Crippen LogP contribution in [0.2, 0.25) is 0 Å². The Kier molecular flexibility index (Phi) is 4.54. The van der Waals surface area contributed by atoms with Crippen molar-refractivity contribution in [3.8, 4) is 0 Å². The summed E-state index contributed by atoms with van der Waals surface area (Å²) in [5, 5.41) is 13.7. The average molecular weight is 392 g/mol. The summed E-state index contributed by atoms with van der Waals surface area (Å²) < 4.78 is 29.1. The smallest absolute Gasteiger partial charge is 0.207 e. The summed E-state index contributed by atoms with van der Waals surface area (Å²) in [6.07, 6.45) is 2.45. The molecule has 0 spiro atoms.